The third-order valence-electron chi connectivity index (χ3n) is 3.49. The monoisotopic (exact) mass is 318 g/mol. The highest BCUT2D eigenvalue weighted by molar-refractivity contribution is 7.90. The molecular weight excluding hydrogens is 300 g/mol. The molecule has 0 radical (unpaired) electrons. The van der Waals surface area contributed by atoms with Crippen LogP contribution in [0.3, 0.4) is 0 Å². The summed E-state index contributed by atoms with van der Waals surface area (Å²) in [6, 6.07) is 10.7. The molecule has 0 saturated heterocycles. The lowest BCUT2D eigenvalue weighted by molar-refractivity contribution is 0.0599. The zero-order valence-electron chi connectivity index (χ0n) is 13.0. The second-order valence-corrected chi connectivity index (χ2v) is 7.28. The van der Waals surface area contributed by atoms with Gasteiger partial charge in [-0.1, -0.05) is 29.8 Å². The lowest BCUT2D eigenvalue weighted by Gasteiger charge is -2.13. The van der Waals surface area contributed by atoms with Crippen LogP contribution >= 0.6 is 0 Å². The number of rotatable bonds is 3. The molecule has 2 rings (SSSR count). The summed E-state index contributed by atoms with van der Waals surface area (Å²) in [5.41, 5.74) is 3.42. The Morgan fingerprint density at radius 1 is 1.05 bits per heavy atom. The van der Waals surface area contributed by atoms with Crippen molar-refractivity contribution in [1.82, 2.24) is 0 Å². The zero-order chi connectivity index (χ0) is 16.5. The van der Waals surface area contributed by atoms with Crippen LogP contribution in [0.2, 0.25) is 0 Å². The standard InChI is InChI=1S/C17H18O4S/c1-11-5-7-13(8-6-11)15-9-12(2)14(17(18)21-3)10-16(15)22(4,19)20/h5-10H,1-4H3. The Balaban J connectivity index is 2.76. The van der Waals surface area contributed by atoms with Crippen LogP contribution in [0, 0.1) is 13.8 Å². The van der Waals surface area contributed by atoms with Crippen LogP contribution in [0.15, 0.2) is 41.3 Å². The van der Waals surface area contributed by atoms with E-state index >= 15 is 0 Å². The second-order valence-electron chi connectivity index (χ2n) is 5.29. The van der Waals surface area contributed by atoms with E-state index < -0.39 is 15.8 Å². The number of carbonyl (C=O) groups is 1. The third-order valence-corrected chi connectivity index (χ3v) is 4.63. The minimum atomic E-state index is -3.48. The van der Waals surface area contributed by atoms with Crippen LogP contribution in [0.1, 0.15) is 21.5 Å². The molecule has 0 heterocycles. The lowest BCUT2D eigenvalue weighted by atomic mass is 9.99. The van der Waals surface area contributed by atoms with Gasteiger partial charge in [0.15, 0.2) is 9.84 Å². The van der Waals surface area contributed by atoms with Gasteiger partial charge in [0, 0.05) is 11.8 Å². The summed E-state index contributed by atoms with van der Waals surface area (Å²) >= 11 is 0. The molecule has 0 aromatic heterocycles. The first-order valence-electron chi connectivity index (χ1n) is 6.74. The van der Waals surface area contributed by atoms with Crippen molar-refractivity contribution in [3.05, 3.63) is 53.1 Å². The first-order valence-corrected chi connectivity index (χ1v) is 8.63. The SMILES string of the molecule is COC(=O)c1cc(S(C)(=O)=O)c(-c2ccc(C)cc2)cc1C. The Morgan fingerprint density at radius 3 is 2.14 bits per heavy atom. The fourth-order valence-electron chi connectivity index (χ4n) is 2.28. The van der Waals surface area contributed by atoms with E-state index in [-0.39, 0.29) is 10.5 Å². The van der Waals surface area contributed by atoms with E-state index in [2.05, 4.69) is 0 Å². The zero-order valence-corrected chi connectivity index (χ0v) is 13.8. The summed E-state index contributed by atoms with van der Waals surface area (Å²) in [4.78, 5) is 11.9. The highest BCUT2D eigenvalue weighted by Gasteiger charge is 2.20. The fourth-order valence-corrected chi connectivity index (χ4v) is 3.19. The highest BCUT2D eigenvalue weighted by atomic mass is 32.2. The van der Waals surface area contributed by atoms with E-state index in [0.29, 0.717) is 11.1 Å². The largest absolute Gasteiger partial charge is 0.465 e. The first-order chi connectivity index (χ1) is 10.2. The van der Waals surface area contributed by atoms with E-state index in [0.717, 1.165) is 17.4 Å². The molecule has 0 N–H and O–H groups in total. The van der Waals surface area contributed by atoms with Crippen molar-refractivity contribution in [2.24, 2.45) is 0 Å². The second kappa shape index (κ2) is 5.93. The summed E-state index contributed by atoms with van der Waals surface area (Å²) < 4.78 is 28.9. The van der Waals surface area contributed by atoms with Crippen molar-refractivity contribution < 1.29 is 17.9 Å². The number of benzene rings is 2. The Labute approximate surface area is 130 Å². The summed E-state index contributed by atoms with van der Waals surface area (Å²) in [7, 11) is -2.21. The molecule has 0 bridgehead atoms. The van der Waals surface area contributed by atoms with Gasteiger partial charge in [-0.3, -0.25) is 0 Å². The molecule has 2 aromatic carbocycles. The molecule has 0 unspecified atom stereocenters. The molecule has 0 fully saturated rings. The number of ether oxygens (including phenoxy) is 1. The predicted molar refractivity (Wildman–Crippen MR) is 85.8 cm³/mol. The number of aryl methyl sites for hydroxylation is 2. The molecule has 0 aliphatic rings. The molecule has 0 saturated carbocycles. The molecule has 2 aromatic rings. The van der Waals surface area contributed by atoms with Gasteiger partial charge in [-0.15, -0.1) is 0 Å². The first kappa shape index (κ1) is 16.2. The average molecular weight is 318 g/mol. The average Bonchev–Trinajstić information content (AvgIpc) is 2.45. The van der Waals surface area contributed by atoms with Crippen LogP contribution in [0.5, 0.6) is 0 Å². The highest BCUT2D eigenvalue weighted by Crippen LogP contribution is 2.31. The smallest absolute Gasteiger partial charge is 0.338 e. The number of esters is 1. The molecule has 0 amide bonds. The molecule has 0 spiro atoms. The van der Waals surface area contributed by atoms with Crippen LogP contribution < -0.4 is 0 Å². The molecule has 0 aliphatic heterocycles. The topological polar surface area (TPSA) is 60.4 Å². The predicted octanol–water partition coefficient (Wildman–Crippen LogP) is 3.16. The van der Waals surface area contributed by atoms with E-state index in [1.165, 1.54) is 13.2 Å². The molecular formula is C17H18O4S. The van der Waals surface area contributed by atoms with E-state index in [1.54, 1.807) is 13.0 Å². The van der Waals surface area contributed by atoms with E-state index in [1.807, 2.05) is 31.2 Å². The molecule has 22 heavy (non-hydrogen) atoms. The van der Waals surface area contributed by atoms with Gasteiger partial charge in [0.05, 0.1) is 17.6 Å². The van der Waals surface area contributed by atoms with Crippen molar-refractivity contribution in [2.45, 2.75) is 18.7 Å². The summed E-state index contributed by atoms with van der Waals surface area (Å²) in [6.07, 6.45) is 1.14. The van der Waals surface area contributed by atoms with Gasteiger partial charge >= 0.3 is 5.97 Å². The summed E-state index contributed by atoms with van der Waals surface area (Å²) in [6.45, 7) is 3.73. The maximum absolute atomic E-state index is 12.1. The van der Waals surface area contributed by atoms with Gasteiger partial charge < -0.3 is 4.74 Å². The van der Waals surface area contributed by atoms with Gasteiger partial charge in [-0.05, 0) is 37.1 Å². The number of hydrogen-bond donors (Lipinski definition) is 0. The minimum Gasteiger partial charge on any atom is -0.465 e. The maximum Gasteiger partial charge on any atom is 0.338 e. The number of carbonyl (C=O) groups excluding carboxylic acids is 1. The minimum absolute atomic E-state index is 0.127. The number of sulfone groups is 1. The van der Waals surface area contributed by atoms with Crippen LogP contribution in [0.4, 0.5) is 0 Å². The van der Waals surface area contributed by atoms with Crippen LogP contribution in [-0.2, 0) is 14.6 Å². The number of methoxy groups -OCH3 is 1. The fraction of sp³-hybridized carbons (Fsp3) is 0.235. The van der Waals surface area contributed by atoms with Crippen LogP contribution in [-0.4, -0.2) is 27.8 Å². The summed E-state index contributed by atoms with van der Waals surface area (Å²) in [5.74, 6) is -0.544. The van der Waals surface area contributed by atoms with Gasteiger partial charge in [-0.2, -0.15) is 0 Å². The van der Waals surface area contributed by atoms with Crippen LogP contribution in [0.25, 0.3) is 11.1 Å². The van der Waals surface area contributed by atoms with Gasteiger partial charge in [0.1, 0.15) is 0 Å². The summed E-state index contributed by atoms with van der Waals surface area (Å²) in [5, 5.41) is 0. The normalized spacial score (nSPS) is 11.3. The quantitative estimate of drug-likeness (QED) is 0.816. The lowest BCUT2D eigenvalue weighted by Crippen LogP contribution is -2.08. The number of hydrogen-bond acceptors (Lipinski definition) is 4. The van der Waals surface area contributed by atoms with E-state index in [9.17, 15) is 13.2 Å². The van der Waals surface area contributed by atoms with Crippen molar-refractivity contribution >= 4 is 15.8 Å². The van der Waals surface area contributed by atoms with Crippen molar-refractivity contribution in [3.63, 3.8) is 0 Å². The molecule has 0 aliphatic carbocycles. The van der Waals surface area contributed by atoms with Gasteiger partial charge in [0.25, 0.3) is 0 Å². The maximum atomic E-state index is 12.1. The molecule has 116 valence electrons. The Kier molecular flexibility index (Phi) is 4.37. The Morgan fingerprint density at radius 2 is 1.64 bits per heavy atom. The molecule has 5 heteroatoms. The Bertz CT molecular complexity index is 818. The molecule has 4 nitrogen and oxygen atoms in total. The van der Waals surface area contributed by atoms with Crippen molar-refractivity contribution in [3.8, 4) is 11.1 Å². The van der Waals surface area contributed by atoms with Crippen molar-refractivity contribution in [1.29, 1.82) is 0 Å². The Hall–Kier alpha value is -2.14. The van der Waals surface area contributed by atoms with Gasteiger partial charge in [0.2, 0.25) is 0 Å². The van der Waals surface area contributed by atoms with Crippen molar-refractivity contribution in [2.75, 3.05) is 13.4 Å². The molecule has 0 atom stereocenters. The van der Waals surface area contributed by atoms with E-state index in [4.69, 9.17) is 4.74 Å². The van der Waals surface area contributed by atoms with Gasteiger partial charge in [-0.25, -0.2) is 13.2 Å². The third kappa shape index (κ3) is 3.20.